The Hall–Kier alpha value is -1.58. The largest absolute Gasteiger partial charge is 0.369 e. The maximum atomic E-state index is 6.32. The van der Waals surface area contributed by atoms with E-state index < -0.39 is 0 Å². The second kappa shape index (κ2) is 6.04. The third-order valence-electron chi connectivity index (χ3n) is 3.05. The molecule has 0 spiro atoms. The van der Waals surface area contributed by atoms with E-state index in [0.717, 1.165) is 28.4 Å². The Morgan fingerprint density at radius 1 is 1.37 bits per heavy atom. The summed E-state index contributed by atoms with van der Waals surface area (Å²) in [5.74, 6) is 0. The van der Waals surface area contributed by atoms with Gasteiger partial charge in [-0.05, 0) is 36.2 Å². The molecule has 0 radical (unpaired) electrons. The van der Waals surface area contributed by atoms with Crippen molar-refractivity contribution in [2.45, 2.75) is 19.5 Å². The zero-order chi connectivity index (χ0) is 13.8. The van der Waals surface area contributed by atoms with Crippen molar-refractivity contribution < 1.29 is 0 Å². The first-order valence-corrected chi connectivity index (χ1v) is 6.61. The molecule has 0 saturated carbocycles. The maximum Gasteiger partial charge on any atom is 0.0642 e. The molecule has 3 nitrogen and oxygen atoms in total. The molecule has 2 rings (SSSR count). The van der Waals surface area contributed by atoms with E-state index in [1.165, 1.54) is 0 Å². The quantitative estimate of drug-likeness (QED) is 0.930. The Morgan fingerprint density at radius 3 is 2.74 bits per heavy atom. The molecule has 0 saturated heterocycles. The normalized spacial score (nSPS) is 12.2. The molecule has 0 aliphatic heterocycles. The van der Waals surface area contributed by atoms with Gasteiger partial charge in [0.2, 0.25) is 0 Å². The Bertz CT molecular complexity index is 540. The summed E-state index contributed by atoms with van der Waals surface area (Å²) in [7, 11) is 2.01. The molecule has 2 N–H and O–H groups in total. The number of nitrogens with zero attached hydrogens (tertiary/aromatic N) is 2. The van der Waals surface area contributed by atoms with E-state index >= 15 is 0 Å². The number of nitrogens with two attached hydrogens (primary N) is 1. The Kier molecular flexibility index (Phi) is 4.40. The highest BCUT2D eigenvalue weighted by molar-refractivity contribution is 6.33. The topological polar surface area (TPSA) is 42.1 Å². The van der Waals surface area contributed by atoms with Crippen molar-refractivity contribution in [3.8, 4) is 0 Å². The molecule has 1 atom stereocenters. The molecule has 0 aliphatic rings. The SMILES string of the molecule is CC(N)c1ccc(N(C)Cc2cccnc2)c(Cl)c1. The highest BCUT2D eigenvalue weighted by atomic mass is 35.5. The average molecular weight is 276 g/mol. The lowest BCUT2D eigenvalue weighted by atomic mass is 10.1. The van der Waals surface area contributed by atoms with Crippen LogP contribution in [-0.2, 0) is 6.54 Å². The molecule has 1 heterocycles. The molecule has 0 aliphatic carbocycles. The van der Waals surface area contributed by atoms with E-state index in [9.17, 15) is 0 Å². The summed E-state index contributed by atoms with van der Waals surface area (Å²) in [5, 5.41) is 0.723. The van der Waals surface area contributed by atoms with Crippen LogP contribution in [-0.4, -0.2) is 12.0 Å². The zero-order valence-electron chi connectivity index (χ0n) is 11.2. The van der Waals surface area contributed by atoms with Gasteiger partial charge in [0, 0.05) is 32.0 Å². The van der Waals surface area contributed by atoms with Gasteiger partial charge < -0.3 is 10.6 Å². The van der Waals surface area contributed by atoms with Crippen molar-refractivity contribution in [1.82, 2.24) is 4.98 Å². The number of hydrogen-bond donors (Lipinski definition) is 1. The number of anilines is 1. The molecule has 1 aromatic heterocycles. The predicted octanol–water partition coefficient (Wildman–Crippen LogP) is 3.39. The fraction of sp³-hybridized carbons (Fsp3) is 0.267. The molecular formula is C15H18ClN3. The lowest BCUT2D eigenvalue weighted by Gasteiger charge is -2.21. The molecule has 0 bridgehead atoms. The van der Waals surface area contributed by atoms with Crippen LogP contribution in [0.1, 0.15) is 24.1 Å². The summed E-state index contributed by atoms with van der Waals surface area (Å²) >= 11 is 6.32. The summed E-state index contributed by atoms with van der Waals surface area (Å²) in [6, 6.07) is 9.94. The van der Waals surface area contributed by atoms with Crippen LogP contribution in [0.5, 0.6) is 0 Å². The highest BCUT2D eigenvalue weighted by Crippen LogP contribution is 2.28. The van der Waals surface area contributed by atoms with Gasteiger partial charge in [0.25, 0.3) is 0 Å². The lowest BCUT2D eigenvalue weighted by molar-refractivity contribution is 0.817. The molecule has 2 aromatic rings. The predicted molar refractivity (Wildman–Crippen MR) is 80.4 cm³/mol. The number of hydrogen-bond acceptors (Lipinski definition) is 3. The van der Waals surface area contributed by atoms with Crippen molar-refractivity contribution >= 4 is 17.3 Å². The number of pyridine rings is 1. The number of rotatable bonds is 4. The van der Waals surface area contributed by atoms with E-state index in [4.69, 9.17) is 17.3 Å². The Balaban J connectivity index is 2.17. The monoisotopic (exact) mass is 275 g/mol. The van der Waals surface area contributed by atoms with Gasteiger partial charge in [0.15, 0.2) is 0 Å². The van der Waals surface area contributed by atoms with Crippen molar-refractivity contribution in [2.75, 3.05) is 11.9 Å². The van der Waals surface area contributed by atoms with E-state index in [1.807, 2.05) is 50.5 Å². The van der Waals surface area contributed by atoms with Gasteiger partial charge in [-0.15, -0.1) is 0 Å². The van der Waals surface area contributed by atoms with Crippen LogP contribution in [0.3, 0.4) is 0 Å². The Labute approximate surface area is 119 Å². The standard InChI is InChI=1S/C15H18ClN3/c1-11(17)13-5-6-15(14(16)8-13)19(2)10-12-4-3-7-18-9-12/h3-9,11H,10,17H2,1-2H3. The minimum Gasteiger partial charge on any atom is -0.369 e. The van der Waals surface area contributed by atoms with Crippen molar-refractivity contribution in [3.05, 3.63) is 58.9 Å². The van der Waals surface area contributed by atoms with Gasteiger partial charge in [-0.25, -0.2) is 0 Å². The van der Waals surface area contributed by atoms with Crippen LogP contribution >= 0.6 is 11.6 Å². The van der Waals surface area contributed by atoms with Crippen molar-refractivity contribution in [3.63, 3.8) is 0 Å². The minimum atomic E-state index is -0.00446. The minimum absolute atomic E-state index is 0.00446. The van der Waals surface area contributed by atoms with Crippen molar-refractivity contribution in [2.24, 2.45) is 5.73 Å². The molecule has 1 aromatic carbocycles. The van der Waals surface area contributed by atoms with Gasteiger partial charge in [0.1, 0.15) is 0 Å². The fourth-order valence-corrected chi connectivity index (χ4v) is 2.30. The third-order valence-corrected chi connectivity index (χ3v) is 3.35. The molecule has 1 unspecified atom stereocenters. The second-order valence-corrected chi connectivity index (χ2v) is 5.12. The average Bonchev–Trinajstić information content (AvgIpc) is 2.39. The van der Waals surface area contributed by atoms with E-state index in [-0.39, 0.29) is 6.04 Å². The van der Waals surface area contributed by atoms with Crippen LogP contribution < -0.4 is 10.6 Å². The summed E-state index contributed by atoms with van der Waals surface area (Å²) < 4.78 is 0. The second-order valence-electron chi connectivity index (χ2n) is 4.72. The van der Waals surface area contributed by atoms with Crippen LogP contribution in [0.15, 0.2) is 42.7 Å². The highest BCUT2D eigenvalue weighted by Gasteiger charge is 2.09. The molecular weight excluding hydrogens is 258 g/mol. The number of benzene rings is 1. The first kappa shape index (κ1) is 13.8. The lowest BCUT2D eigenvalue weighted by Crippen LogP contribution is -2.17. The summed E-state index contributed by atoms with van der Waals surface area (Å²) in [5.41, 5.74) is 9.04. The number of aromatic nitrogens is 1. The van der Waals surface area contributed by atoms with Gasteiger partial charge in [-0.2, -0.15) is 0 Å². The maximum absolute atomic E-state index is 6.32. The van der Waals surface area contributed by atoms with E-state index in [0.29, 0.717) is 0 Å². The third kappa shape index (κ3) is 3.46. The summed E-state index contributed by atoms with van der Waals surface area (Å²) in [6.45, 7) is 2.72. The first-order chi connectivity index (χ1) is 9.08. The van der Waals surface area contributed by atoms with E-state index in [2.05, 4.69) is 9.88 Å². The number of halogens is 1. The van der Waals surface area contributed by atoms with E-state index in [1.54, 1.807) is 6.20 Å². The summed E-state index contributed by atoms with van der Waals surface area (Å²) in [6.07, 6.45) is 3.63. The summed E-state index contributed by atoms with van der Waals surface area (Å²) in [4.78, 5) is 6.22. The molecule has 4 heteroatoms. The zero-order valence-corrected chi connectivity index (χ0v) is 11.9. The van der Waals surface area contributed by atoms with Gasteiger partial charge in [0.05, 0.1) is 10.7 Å². The fourth-order valence-electron chi connectivity index (χ4n) is 1.97. The van der Waals surface area contributed by atoms with Crippen LogP contribution in [0.25, 0.3) is 0 Å². The van der Waals surface area contributed by atoms with Crippen LogP contribution in [0.2, 0.25) is 5.02 Å². The van der Waals surface area contributed by atoms with Crippen LogP contribution in [0, 0.1) is 0 Å². The smallest absolute Gasteiger partial charge is 0.0642 e. The molecule has 19 heavy (non-hydrogen) atoms. The van der Waals surface area contributed by atoms with Gasteiger partial charge in [-0.3, -0.25) is 4.98 Å². The first-order valence-electron chi connectivity index (χ1n) is 6.23. The van der Waals surface area contributed by atoms with Gasteiger partial charge >= 0.3 is 0 Å². The van der Waals surface area contributed by atoms with Gasteiger partial charge in [-0.1, -0.05) is 23.7 Å². The van der Waals surface area contributed by atoms with Crippen molar-refractivity contribution in [1.29, 1.82) is 0 Å². The molecule has 100 valence electrons. The molecule has 0 fully saturated rings. The Morgan fingerprint density at radius 2 is 2.16 bits per heavy atom. The molecule has 0 amide bonds. The van der Waals surface area contributed by atoms with Crippen LogP contribution in [0.4, 0.5) is 5.69 Å².